The molecular formula is C12H21N3O3. The van der Waals surface area contributed by atoms with Gasteiger partial charge in [-0.15, -0.1) is 0 Å². The first kappa shape index (κ1) is 13.3. The zero-order chi connectivity index (χ0) is 13.0. The monoisotopic (exact) mass is 255 g/mol. The zero-order valence-electron chi connectivity index (χ0n) is 10.7. The minimum atomic E-state index is -0.361. The van der Waals surface area contributed by atoms with E-state index in [1.807, 2.05) is 0 Å². The highest BCUT2D eigenvalue weighted by Gasteiger charge is 2.30. The van der Waals surface area contributed by atoms with Gasteiger partial charge in [0.2, 0.25) is 0 Å². The predicted octanol–water partition coefficient (Wildman–Crippen LogP) is -1.25. The minimum absolute atomic E-state index is 0.140. The normalized spacial score (nSPS) is 21.4. The molecule has 0 aromatic heterocycles. The topological polar surface area (TPSA) is 64.1 Å². The first-order valence-electron chi connectivity index (χ1n) is 6.64. The molecule has 0 spiro atoms. The summed E-state index contributed by atoms with van der Waals surface area (Å²) in [5, 5.41) is 8.84. The van der Waals surface area contributed by atoms with Gasteiger partial charge in [0, 0.05) is 45.8 Å². The van der Waals surface area contributed by atoms with Crippen LogP contribution in [0.5, 0.6) is 0 Å². The number of hydrogen-bond donors (Lipinski definition) is 1. The van der Waals surface area contributed by atoms with Crippen LogP contribution in [-0.4, -0.2) is 84.0 Å². The maximum Gasteiger partial charge on any atom is 0.312 e. The molecule has 2 rings (SSSR count). The Bertz CT molecular complexity index is 308. The Labute approximate surface area is 107 Å². The lowest BCUT2D eigenvalue weighted by atomic mass is 10.3. The average Bonchev–Trinajstić information content (AvgIpc) is 2.92. The number of rotatable bonds is 2. The van der Waals surface area contributed by atoms with Crippen LogP contribution < -0.4 is 0 Å². The first-order valence-corrected chi connectivity index (χ1v) is 6.64. The molecule has 2 saturated heterocycles. The van der Waals surface area contributed by atoms with Crippen molar-refractivity contribution < 1.29 is 14.7 Å². The third kappa shape index (κ3) is 3.00. The van der Waals surface area contributed by atoms with Crippen molar-refractivity contribution in [2.45, 2.75) is 12.8 Å². The third-order valence-electron chi connectivity index (χ3n) is 3.65. The molecule has 102 valence electrons. The van der Waals surface area contributed by atoms with E-state index in [2.05, 4.69) is 4.90 Å². The quantitative estimate of drug-likeness (QED) is 0.626. The van der Waals surface area contributed by atoms with Crippen molar-refractivity contribution in [3.63, 3.8) is 0 Å². The molecular weight excluding hydrogens is 234 g/mol. The SMILES string of the molecule is O=C(C(=O)N1CCN(CCO)CC1)N1CCCC1. The van der Waals surface area contributed by atoms with Crippen LogP contribution in [0.15, 0.2) is 0 Å². The molecule has 2 heterocycles. The standard InChI is InChI=1S/C12H21N3O3/c16-10-9-13-5-7-15(8-6-13)12(18)11(17)14-3-1-2-4-14/h16H,1-10H2. The molecule has 0 radical (unpaired) electrons. The van der Waals surface area contributed by atoms with E-state index in [1.165, 1.54) is 0 Å². The molecule has 2 aliphatic rings. The summed E-state index contributed by atoms with van der Waals surface area (Å²) in [6, 6.07) is 0. The molecule has 2 fully saturated rings. The molecule has 0 bridgehead atoms. The number of likely N-dealkylation sites (tertiary alicyclic amines) is 1. The van der Waals surface area contributed by atoms with E-state index in [9.17, 15) is 9.59 Å². The van der Waals surface area contributed by atoms with Crippen molar-refractivity contribution in [3.8, 4) is 0 Å². The predicted molar refractivity (Wildman–Crippen MR) is 65.9 cm³/mol. The molecule has 6 heteroatoms. The average molecular weight is 255 g/mol. The number of β-amino-alcohol motifs (C(OH)–C–C–N with tert-alkyl or cyclic N) is 1. The van der Waals surface area contributed by atoms with E-state index in [1.54, 1.807) is 9.80 Å². The van der Waals surface area contributed by atoms with Gasteiger partial charge in [0.1, 0.15) is 0 Å². The van der Waals surface area contributed by atoms with Gasteiger partial charge < -0.3 is 14.9 Å². The molecule has 0 aromatic rings. The molecule has 18 heavy (non-hydrogen) atoms. The number of amides is 2. The highest BCUT2D eigenvalue weighted by molar-refractivity contribution is 6.34. The van der Waals surface area contributed by atoms with E-state index in [0.29, 0.717) is 19.6 Å². The van der Waals surface area contributed by atoms with Crippen LogP contribution in [0.25, 0.3) is 0 Å². The molecule has 1 N–H and O–H groups in total. The second-order valence-corrected chi connectivity index (χ2v) is 4.86. The van der Waals surface area contributed by atoms with Gasteiger partial charge in [0.05, 0.1) is 6.61 Å². The van der Waals surface area contributed by atoms with Crippen LogP contribution in [0.1, 0.15) is 12.8 Å². The highest BCUT2D eigenvalue weighted by Crippen LogP contribution is 2.10. The number of hydrogen-bond acceptors (Lipinski definition) is 4. The number of carbonyl (C=O) groups is 2. The Morgan fingerprint density at radius 2 is 1.33 bits per heavy atom. The summed E-state index contributed by atoms with van der Waals surface area (Å²) in [5.74, 6) is -0.705. The summed E-state index contributed by atoms with van der Waals surface area (Å²) >= 11 is 0. The van der Waals surface area contributed by atoms with Crippen molar-refractivity contribution in [3.05, 3.63) is 0 Å². The summed E-state index contributed by atoms with van der Waals surface area (Å²) in [6.45, 7) is 4.85. The van der Waals surface area contributed by atoms with Crippen molar-refractivity contribution in [2.75, 3.05) is 52.4 Å². The Hall–Kier alpha value is -1.14. The molecule has 0 aromatic carbocycles. The van der Waals surface area contributed by atoms with E-state index < -0.39 is 0 Å². The largest absolute Gasteiger partial charge is 0.395 e. The van der Waals surface area contributed by atoms with Gasteiger partial charge in [-0.1, -0.05) is 0 Å². The lowest BCUT2D eigenvalue weighted by Crippen LogP contribution is -2.53. The van der Waals surface area contributed by atoms with Crippen LogP contribution in [0.4, 0.5) is 0 Å². The van der Waals surface area contributed by atoms with Gasteiger partial charge >= 0.3 is 11.8 Å². The van der Waals surface area contributed by atoms with Crippen molar-refractivity contribution in [1.82, 2.24) is 14.7 Å². The Morgan fingerprint density at radius 3 is 1.83 bits per heavy atom. The number of aliphatic hydroxyl groups excluding tert-OH is 1. The summed E-state index contributed by atoms with van der Waals surface area (Å²) in [7, 11) is 0. The van der Waals surface area contributed by atoms with Crippen molar-refractivity contribution >= 4 is 11.8 Å². The smallest absolute Gasteiger partial charge is 0.312 e. The Kier molecular flexibility index (Phi) is 4.54. The highest BCUT2D eigenvalue weighted by atomic mass is 16.3. The second kappa shape index (κ2) is 6.15. The molecule has 0 saturated carbocycles. The van der Waals surface area contributed by atoms with Crippen LogP contribution in [0.2, 0.25) is 0 Å². The summed E-state index contributed by atoms with van der Waals surface area (Å²) in [5.41, 5.74) is 0. The van der Waals surface area contributed by atoms with Crippen LogP contribution in [-0.2, 0) is 9.59 Å². The first-order chi connectivity index (χ1) is 8.72. The van der Waals surface area contributed by atoms with Gasteiger partial charge in [-0.2, -0.15) is 0 Å². The molecule has 6 nitrogen and oxygen atoms in total. The van der Waals surface area contributed by atoms with Gasteiger partial charge in [0.15, 0.2) is 0 Å². The number of piperazine rings is 1. The Morgan fingerprint density at radius 1 is 0.833 bits per heavy atom. The molecule has 0 aliphatic carbocycles. The van der Waals surface area contributed by atoms with E-state index in [4.69, 9.17) is 5.11 Å². The van der Waals surface area contributed by atoms with Crippen molar-refractivity contribution in [2.24, 2.45) is 0 Å². The second-order valence-electron chi connectivity index (χ2n) is 4.86. The number of nitrogens with zero attached hydrogens (tertiary/aromatic N) is 3. The Balaban J connectivity index is 1.81. The van der Waals surface area contributed by atoms with Crippen LogP contribution >= 0.6 is 0 Å². The van der Waals surface area contributed by atoms with Gasteiger partial charge in [-0.25, -0.2) is 0 Å². The van der Waals surface area contributed by atoms with Gasteiger partial charge in [-0.05, 0) is 12.8 Å². The summed E-state index contributed by atoms with van der Waals surface area (Å²) < 4.78 is 0. The minimum Gasteiger partial charge on any atom is -0.395 e. The van der Waals surface area contributed by atoms with E-state index in [-0.39, 0.29) is 18.4 Å². The lowest BCUT2D eigenvalue weighted by molar-refractivity contribution is -0.152. The van der Waals surface area contributed by atoms with Gasteiger partial charge in [-0.3, -0.25) is 14.5 Å². The van der Waals surface area contributed by atoms with Gasteiger partial charge in [0.25, 0.3) is 0 Å². The van der Waals surface area contributed by atoms with Crippen molar-refractivity contribution in [1.29, 1.82) is 0 Å². The molecule has 0 unspecified atom stereocenters. The maximum atomic E-state index is 12.0. The molecule has 0 atom stereocenters. The zero-order valence-corrected chi connectivity index (χ0v) is 10.7. The number of aliphatic hydroxyl groups is 1. The van der Waals surface area contributed by atoms with E-state index in [0.717, 1.165) is 39.0 Å². The summed E-state index contributed by atoms with van der Waals surface area (Å²) in [4.78, 5) is 29.3. The third-order valence-corrected chi connectivity index (χ3v) is 3.65. The fourth-order valence-corrected chi connectivity index (χ4v) is 2.51. The van der Waals surface area contributed by atoms with E-state index >= 15 is 0 Å². The number of carbonyl (C=O) groups excluding carboxylic acids is 2. The molecule has 2 amide bonds. The fraction of sp³-hybridized carbons (Fsp3) is 0.833. The van der Waals surface area contributed by atoms with Crippen LogP contribution in [0, 0.1) is 0 Å². The maximum absolute atomic E-state index is 12.0. The lowest BCUT2D eigenvalue weighted by Gasteiger charge is -2.34. The molecule has 2 aliphatic heterocycles. The fourth-order valence-electron chi connectivity index (χ4n) is 2.51. The summed E-state index contributed by atoms with van der Waals surface area (Å²) in [6.07, 6.45) is 2.01. The van der Waals surface area contributed by atoms with Crippen LogP contribution in [0.3, 0.4) is 0 Å².